The maximum absolute atomic E-state index is 3.77. The van der Waals surface area contributed by atoms with E-state index in [1.54, 1.807) is 0 Å². The molecular formula is C19H32N2. The SMILES string of the molecule is CCCNC(c1ccc(C)cc1)C(C)N(C)C1CCCC1. The van der Waals surface area contributed by atoms with Crippen molar-refractivity contribution in [2.24, 2.45) is 0 Å². The highest BCUT2D eigenvalue weighted by molar-refractivity contribution is 5.25. The van der Waals surface area contributed by atoms with E-state index in [1.165, 1.54) is 43.2 Å². The fourth-order valence-corrected chi connectivity index (χ4v) is 3.52. The Kier molecular flexibility index (Phi) is 6.25. The summed E-state index contributed by atoms with van der Waals surface area (Å²) in [7, 11) is 2.31. The lowest BCUT2D eigenvalue weighted by atomic mass is 9.97. The highest BCUT2D eigenvalue weighted by Crippen LogP contribution is 2.28. The Morgan fingerprint density at radius 1 is 1.19 bits per heavy atom. The van der Waals surface area contributed by atoms with Gasteiger partial charge in [-0.2, -0.15) is 0 Å². The third-order valence-corrected chi connectivity index (χ3v) is 5.08. The first-order chi connectivity index (χ1) is 10.1. The molecule has 1 aliphatic carbocycles. The minimum absolute atomic E-state index is 0.427. The van der Waals surface area contributed by atoms with Crippen molar-refractivity contribution < 1.29 is 0 Å². The third kappa shape index (κ3) is 4.31. The zero-order valence-electron chi connectivity index (χ0n) is 14.2. The molecule has 0 spiro atoms. The van der Waals surface area contributed by atoms with Crippen LogP contribution in [0.15, 0.2) is 24.3 Å². The second-order valence-electron chi connectivity index (χ2n) is 6.69. The van der Waals surface area contributed by atoms with Crippen molar-refractivity contribution in [3.8, 4) is 0 Å². The zero-order chi connectivity index (χ0) is 15.2. The number of aryl methyl sites for hydroxylation is 1. The summed E-state index contributed by atoms with van der Waals surface area (Å²) in [5.74, 6) is 0. The fraction of sp³-hybridized carbons (Fsp3) is 0.684. The van der Waals surface area contributed by atoms with Gasteiger partial charge in [0.1, 0.15) is 0 Å². The molecule has 2 rings (SSSR count). The normalized spacial score (nSPS) is 19.1. The molecule has 2 atom stereocenters. The highest BCUT2D eigenvalue weighted by Gasteiger charge is 2.28. The van der Waals surface area contributed by atoms with Crippen molar-refractivity contribution in [2.75, 3.05) is 13.6 Å². The van der Waals surface area contributed by atoms with Crippen molar-refractivity contribution in [3.05, 3.63) is 35.4 Å². The second kappa shape index (κ2) is 7.95. The van der Waals surface area contributed by atoms with Crippen LogP contribution < -0.4 is 5.32 Å². The molecule has 0 heterocycles. The highest BCUT2D eigenvalue weighted by atomic mass is 15.2. The van der Waals surface area contributed by atoms with Gasteiger partial charge in [0, 0.05) is 18.1 Å². The molecule has 0 saturated heterocycles. The molecule has 21 heavy (non-hydrogen) atoms. The molecule has 1 saturated carbocycles. The Morgan fingerprint density at radius 2 is 1.81 bits per heavy atom. The summed E-state index contributed by atoms with van der Waals surface area (Å²) in [5.41, 5.74) is 2.76. The van der Waals surface area contributed by atoms with E-state index in [4.69, 9.17) is 0 Å². The van der Waals surface area contributed by atoms with Crippen LogP contribution in [0, 0.1) is 6.92 Å². The molecule has 1 aromatic rings. The van der Waals surface area contributed by atoms with Gasteiger partial charge in [-0.05, 0) is 52.3 Å². The van der Waals surface area contributed by atoms with E-state index in [9.17, 15) is 0 Å². The van der Waals surface area contributed by atoms with Crippen LogP contribution in [0.2, 0.25) is 0 Å². The standard InChI is InChI=1S/C19H32N2/c1-5-14-20-19(17-12-10-15(2)11-13-17)16(3)21(4)18-8-6-7-9-18/h10-13,16,18-20H,5-9,14H2,1-4H3. The maximum atomic E-state index is 3.77. The summed E-state index contributed by atoms with van der Waals surface area (Å²) < 4.78 is 0. The molecule has 1 aliphatic rings. The van der Waals surface area contributed by atoms with Crippen molar-refractivity contribution in [1.82, 2.24) is 10.2 Å². The molecule has 0 radical (unpaired) electrons. The van der Waals surface area contributed by atoms with Crippen LogP contribution in [0.3, 0.4) is 0 Å². The van der Waals surface area contributed by atoms with E-state index in [0.29, 0.717) is 12.1 Å². The van der Waals surface area contributed by atoms with Gasteiger partial charge >= 0.3 is 0 Å². The lowest BCUT2D eigenvalue weighted by molar-refractivity contribution is 0.151. The quantitative estimate of drug-likeness (QED) is 0.805. The zero-order valence-corrected chi connectivity index (χ0v) is 14.2. The predicted molar refractivity (Wildman–Crippen MR) is 91.7 cm³/mol. The van der Waals surface area contributed by atoms with Crippen molar-refractivity contribution in [2.45, 2.75) is 71.0 Å². The molecule has 1 N–H and O–H groups in total. The molecule has 2 unspecified atom stereocenters. The van der Waals surface area contributed by atoms with Gasteiger partial charge in [0.25, 0.3) is 0 Å². The lowest BCUT2D eigenvalue weighted by Crippen LogP contribution is -2.45. The molecule has 0 aromatic heterocycles. The van der Waals surface area contributed by atoms with E-state index in [0.717, 1.165) is 12.6 Å². The summed E-state index contributed by atoms with van der Waals surface area (Å²) in [5, 5.41) is 3.77. The number of benzene rings is 1. The molecule has 2 heteroatoms. The summed E-state index contributed by atoms with van der Waals surface area (Å²) in [6, 6.07) is 10.8. The first kappa shape index (κ1) is 16.5. The van der Waals surface area contributed by atoms with Crippen LogP contribution in [-0.2, 0) is 0 Å². The average Bonchev–Trinajstić information content (AvgIpc) is 3.02. The molecule has 118 valence electrons. The molecule has 0 aliphatic heterocycles. The number of nitrogens with one attached hydrogen (secondary N) is 1. The Bertz CT molecular complexity index is 406. The van der Waals surface area contributed by atoms with Crippen LogP contribution in [0.5, 0.6) is 0 Å². The first-order valence-corrected chi connectivity index (χ1v) is 8.65. The van der Waals surface area contributed by atoms with E-state index in [2.05, 4.69) is 62.3 Å². The van der Waals surface area contributed by atoms with Crippen LogP contribution >= 0.6 is 0 Å². The number of hydrogen-bond donors (Lipinski definition) is 1. The van der Waals surface area contributed by atoms with E-state index < -0.39 is 0 Å². The van der Waals surface area contributed by atoms with Gasteiger partial charge in [0.2, 0.25) is 0 Å². The van der Waals surface area contributed by atoms with Gasteiger partial charge in [-0.1, -0.05) is 49.6 Å². The summed E-state index contributed by atoms with van der Waals surface area (Å²) in [6.07, 6.45) is 6.73. The number of hydrogen-bond acceptors (Lipinski definition) is 2. The summed E-state index contributed by atoms with van der Waals surface area (Å²) in [4.78, 5) is 2.61. The number of rotatable bonds is 7. The van der Waals surface area contributed by atoms with Gasteiger partial charge in [0.15, 0.2) is 0 Å². The van der Waals surface area contributed by atoms with Crippen LogP contribution in [0.1, 0.15) is 63.1 Å². The molecule has 0 amide bonds. The van der Waals surface area contributed by atoms with Gasteiger partial charge in [0.05, 0.1) is 0 Å². The van der Waals surface area contributed by atoms with Crippen molar-refractivity contribution in [1.29, 1.82) is 0 Å². The lowest BCUT2D eigenvalue weighted by Gasteiger charge is -2.36. The van der Waals surface area contributed by atoms with E-state index in [1.807, 2.05) is 0 Å². The smallest absolute Gasteiger partial charge is 0.0475 e. The third-order valence-electron chi connectivity index (χ3n) is 5.08. The minimum Gasteiger partial charge on any atom is -0.309 e. The van der Waals surface area contributed by atoms with E-state index in [-0.39, 0.29) is 0 Å². The maximum Gasteiger partial charge on any atom is 0.0475 e. The molecule has 2 nitrogen and oxygen atoms in total. The van der Waals surface area contributed by atoms with Crippen LogP contribution in [-0.4, -0.2) is 30.6 Å². The summed E-state index contributed by atoms with van der Waals surface area (Å²) >= 11 is 0. The topological polar surface area (TPSA) is 15.3 Å². The van der Waals surface area contributed by atoms with Gasteiger partial charge in [-0.3, -0.25) is 4.90 Å². The van der Waals surface area contributed by atoms with Crippen molar-refractivity contribution in [3.63, 3.8) is 0 Å². The van der Waals surface area contributed by atoms with Crippen molar-refractivity contribution >= 4 is 0 Å². The Balaban J connectivity index is 2.11. The largest absolute Gasteiger partial charge is 0.309 e. The minimum atomic E-state index is 0.427. The monoisotopic (exact) mass is 288 g/mol. The van der Waals surface area contributed by atoms with Gasteiger partial charge < -0.3 is 5.32 Å². The Hall–Kier alpha value is -0.860. The summed E-state index contributed by atoms with van der Waals surface area (Å²) in [6.45, 7) is 7.86. The molecule has 1 aromatic carbocycles. The Morgan fingerprint density at radius 3 is 2.38 bits per heavy atom. The van der Waals surface area contributed by atoms with E-state index >= 15 is 0 Å². The Labute approximate surface area is 130 Å². The molecule has 1 fully saturated rings. The van der Waals surface area contributed by atoms with Gasteiger partial charge in [-0.25, -0.2) is 0 Å². The number of nitrogens with zero attached hydrogens (tertiary/aromatic N) is 1. The molecular weight excluding hydrogens is 256 g/mol. The first-order valence-electron chi connectivity index (χ1n) is 8.65. The van der Waals surface area contributed by atoms with Gasteiger partial charge in [-0.15, -0.1) is 0 Å². The second-order valence-corrected chi connectivity index (χ2v) is 6.69. The number of likely N-dealkylation sites (N-methyl/N-ethyl adjacent to an activating group) is 1. The predicted octanol–water partition coefficient (Wildman–Crippen LogP) is 4.30. The average molecular weight is 288 g/mol. The fourth-order valence-electron chi connectivity index (χ4n) is 3.52. The molecule has 0 bridgehead atoms. The van der Waals surface area contributed by atoms with Crippen LogP contribution in [0.25, 0.3) is 0 Å². The van der Waals surface area contributed by atoms with Crippen LogP contribution in [0.4, 0.5) is 0 Å².